The lowest BCUT2D eigenvalue weighted by Gasteiger charge is -2.30. The standard InChI is InChI=1S/C19H22N4O4/c1-10-5-3-4-6-11(10)13(24)15-19(2,26)14(25)18(27-15)23-8-7-12-16(20)21-9-22-17(12)23/h3-9,13-15,18,24-26H,1-2H3,(H2,20,21,22)/t13-,14-,15+,18+,19-/m0/s1. The summed E-state index contributed by atoms with van der Waals surface area (Å²) in [4.78, 5) is 8.16. The lowest BCUT2D eigenvalue weighted by molar-refractivity contribution is -0.115. The summed E-state index contributed by atoms with van der Waals surface area (Å²) in [6.07, 6.45) is -1.36. The van der Waals surface area contributed by atoms with E-state index >= 15 is 0 Å². The number of nitrogen functional groups attached to an aromatic ring is 1. The van der Waals surface area contributed by atoms with Gasteiger partial charge in [-0.1, -0.05) is 24.3 Å². The number of hydrogen-bond donors (Lipinski definition) is 4. The summed E-state index contributed by atoms with van der Waals surface area (Å²) in [5, 5.41) is 33.2. The molecule has 1 saturated heterocycles. The summed E-state index contributed by atoms with van der Waals surface area (Å²) >= 11 is 0. The minimum Gasteiger partial charge on any atom is -0.386 e. The van der Waals surface area contributed by atoms with Crippen molar-refractivity contribution in [1.82, 2.24) is 14.5 Å². The second-order valence-electron chi connectivity index (χ2n) is 7.14. The van der Waals surface area contributed by atoms with E-state index in [1.165, 1.54) is 13.3 Å². The lowest BCUT2D eigenvalue weighted by Crippen LogP contribution is -2.47. The van der Waals surface area contributed by atoms with Gasteiger partial charge in [-0.3, -0.25) is 0 Å². The Hall–Kier alpha value is -2.52. The number of aromatic nitrogens is 3. The van der Waals surface area contributed by atoms with E-state index in [9.17, 15) is 15.3 Å². The summed E-state index contributed by atoms with van der Waals surface area (Å²) in [5.74, 6) is 0.314. The molecule has 8 heteroatoms. The van der Waals surface area contributed by atoms with E-state index in [0.29, 0.717) is 22.4 Å². The molecule has 5 atom stereocenters. The molecule has 0 bridgehead atoms. The van der Waals surface area contributed by atoms with Gasteiger partial charge >= 0.3 is 0 Å². The second kappa shape index (κ2) is 6.28. The third-order valence-corrected chi connectivity index (χ3v) is 5.34. The Balaban J connectivity index is 1.73. The number of nitrogens with zero attached hydrogens (tertiary/aromatic N) is 3. The van der Waals surface area contributed by atoms with Gasteiger partial charge in [0.25, 0.3) is 0 Å². The van der Waals surface area contributed by atoms with Crippen LogP contribution in [0.3, 0.4) is 0 Å². The zero-order valence-corrected chi connectivity index (χ0v) is 15.0. The number of nitrogens with two attached hydrogens (primary N) is 1. The Morgan fingerprint density at radius 1 is 1.26 bits per heavy atom. The summed E-state index contributed by atoms with van der Waals surface area (Å²) in [5.41, 5.74) is 6.18. The number of benzene rings is 1. The van der Waals surface area contributed by atoms with Crippen molar-refractivity contribution in [3.63, 3.8) is 0 Å². The van der Waals surface area contributed by atoms with Gasteiger partial charge in [0.05, 0.1) is 5.39 Å². The number of fused-ring (bicyclic) bond motifs is 1. The van der Waals surface area contributed by atoms with Crippen LogP contribution in [-0.4, -0.2) is 47.7 Å². The molecule has 4 rings (SSSR count). The summed E-state index contributed by atoms with van der Waals surface area (Å²) in [7, 11) is 0. The lowest BCUT2D eigenvalue weighted by atomic mass is 9.87. The predicted octanol–water partition coefficient (Wildman–Crippen LogP) is 1.06. The highest BCUT2D eigenvalue weighted by atomic mass is 16.6. The van der Waals surface area contributed by atoms with Crippen molar-refractivity contribution >= 4 is 16.9 Å². The normalized spacial score (nSPS) is 29.3. The number of aliphatic hydroxyl groups excluding tert-OH is 2. The SMILES string of the molecule is Cc1ccccc1[C@H](O)[C@H]1O[C@@H](n2ccc3c(N)ncnc32)[C@H](O)[C@]1(C)O. The van der Waals surface area contributed by atoms with Crippen LogP contribution in [0.1, 0.15) is 30.4 Å². The molecule has 1 aliphatic rings. The number of hydrogen-bond acceptors (Lipinski definition) is 7. The van der Waals surface area contributed by atoms with Gasteiger partial charge in [0.1, 0.15) is 41.7 Å². The van der Waals surface area contributed by atoms with Crippen LogP contribution in [0.2, 0.25) is 0 Å². The molecule has 1 aromatic carbocycles. The highest BCUT2D eigenvalue weighted by Gasteiger charge is 2.56. The average molecular weight is 370 g/mol. The molecule has 3 heterocycles. The van der Waals surface area contributed by atoms with Gasteiger partial charge in [-0.05, 0) is 31.0 Å². The Morgan fingerprint density at radius 3 is 2.74 bits per heavy atom. The van der Waals surface area contributed by atoms with Crippen LogP contribution < -0.4 is 5.73 Å². The minimum atomic E-state index is -1.68. The minimum absolute atomic E-state index is 0.314. The molecule has 1 aliphatic heterocycles. The van der Waals surface area contributed by atoms with E-state index in [0.717, 1.165) is 5.56 Å². The summed E-state index contributed by atoms with van der Waals surface area (Å²) in [6, 6.07) is 9.04. The fraction of sp³-hybridized carbons (Fsp3) is 0.368. The maximum absolute atomic E-state index is 10.9. The van der Waals surface area contributed by atoms with Crippen molar-refractivity contribution in [2.75, 3.05) is 5.73 Å². The molecule has 8 nitrogen and oxygen atoms in total. The van der Waals surface area contributed by atoms with E-state index in [-0.39, 0.29) is 0 Å². The first-order valence-corrected chi connectivity index (χ1v) is 8.69. The van der Waals surface area contributed by atoms with E-state index in [2.05, 4.69) is 9.97 Å². The zero-order chi connectivity index (χ0) is 19.3. The Labute approximate surface area is 155 Å². The number of aryl methyl sites for hydroxylation is 1. The molecule has 0 radical (unpaired) electrons. The van der Waals surface area contributed by atoms with Gasteiger partial charge < -0.3 is 30.4 Å². The fourth-order valence-corrected chi connectivity index (χ4v) is 3.71. The van der Waals surface area contributed by atoms with Crippen LogP contribution in [0.15, 0.2) is 42.9 Å². The van der Waals surface area contributed by atoms with Gasteiger partial charge in [-0.15, -0.1) is 0 Å². The fourth-order valence-electron chi connectivity index (χ4n) is 3.71. The highest BCUT2D eigenvalue weighted by Crippen LogP contribution is 2.43. The number of rotatable bonds is 3. The summed E-state index contributed by atoms with van der Waals surface area (Å²) < 4.78 is 7.56. The molecular weight excluding hydrogens is 348 g/mol. The van der Waals surface area contributed by atoms with E-state index < -0.39 is 30.1 Å². The molecular formula is C19H22N4O4. The van der Waals surface area contributed by atoms with E-state index in [1.807, 2.05) is 25.1 Å². The molecule has 0 amide bonds. The van der Waals surface area contributed by atoms with Gasteiger partial charge in [0.15, 0.2) is 6.23 Å². The maximum Gasteiger partial charge on any atom is 0.164 e. The van der Waals surface area contributed by atoms with Gasteiger partial charge in [-0.25, -0.2) is 9.97 Å². The van der Waals surface area contributed by atoms with Crippen molar-refractivity contribution in [2.24, 2.45) is 0 Å². The Morgan fingerprint density at radius 2 is 2.00 bits per heavy atom. The zero-order valence-electron chi connectivity index (χ0n) is 15.0. The second-order valence-corrected chi connectivity index (χ2v) is 7.14. The maximum atomic E-state index is 10.9. The number of anilines is 1. The van der Waals surface area contributed by atoms with Crippen molar-refractivity contribution in [1.29, 1.82) is 0 Å². The van der Waals surface area contributed by atoms with Crippen molar-refractivity contribution < 1.29 is 20.1 Å². The first kappa shape index (κ1) is 17.9. The monoisotopic (exact) mass is 370 g/mol. The average Bonchev–Trinajstić information content (AvgIpc) is 3.16. The largest absolute Gasteiger partial charge is 0.386 e. The first-order valence-electron chi connectivity index (χ1n) is 8.69. The first-order chi connectivity index (χ1) is 12.8. The third-order valence-electron chi connectivity index (χ3n) is 5.34. The van der Waals surface area contributed by atoms with Gasteiger partial charge in [0.2, 0.25) is 0 Å². The third kappa shape index (κ3) is 2.69. The van der Waals surface area contributed by atoms with Crippen molar-refractivity contribution in [3.05, 3.63) is 54.0 Å². The van der Waals surface area contributed by atoms with Crippen LogP contribution >= 0.6 is 0 Å². The highest BCUT2D eigenvalue weighted by molar-refractivity contribution is 5.86. The molecule has 0 aliphatic carbocycles. The Bertz CT molecular complexity index is 987. The van der Waals surface area contributed by atoms with Crippen molar-refractivity contribution in [3.8, 4) is 0 Å². The van der Waals surface area contributed by atoms with Gasteiger partial charge in [-0.2, -0.15) is 0 Å². The molecule has 0 saturated carbocycles. The summed E-state index contributed by atoms with van der Waals surface area (Å²) in [6.45, 7) is 3.33. The molecule has 142 valence electrons. The molecule has 0 spiro atoms. The number of aliphatic hydroxyl groups is 3. The molecule has 5 N–H and O–H groups in total. The smallest absolute Gasteiger partial charge is 0.164 e. The van der Waals surface area contributed by atoms with E-state index in [1.54, 1.807) is 22.9 Å². The Kier molecular flexibility index (Phi) is 4.15. The molecule has 2 aromatic heterocycles. The number of ether oxygens (including phenoxy) is 1. The van der Waals surface area contributed by atoms with Crippen LogP contribution in [0.25, 0.3) is 11.0 Å². The molecule has 1 fully saturated rings. The van der Waals surface area contributed by atoms with Crippen LogP contribution in [0, 0.1) is 6.92 Å². The van der Waals surface area contributed by atoms with E-state index in [4.69, 9.17) is 10.5 Å². The predicted molar refractivity (Wildman–Crippen MR) is 98.6 cm³/mol. The topological polar surface area (TPSA) is 127 Å². The van der Waals surface area contributed by atoms with Crippen LogP contribution in [-0.2, 0) is 4.74 Å². The molecule has 3 aromatic rings. The quantitative estimate of drug-likeness (QED) is 0.543. The molecule has 27 heavy (non-hydrogen) atoms. The van der Waals surface area contributed by atoms with Crippen LogP contribution in [0.4, 0.5) is 5.82 Å². The van der Waals surface area contributed by atoms with Crippen molar-refractivity contribution in [2.45, 2.75) is 44.0 Å². The van der Waals surface area contributed by atoms with Crippen LogP contribution in [0.5, 0.6) is 0 Å². The van der Waals surface area contributed by atoms with Gasteiger partial charge in [0, 0.05) is 6.20 Å². The molecule has 0 unspecified atom stereocenters.